The standard InChI is InChI=1S/C26H26N8O/c1-26(2,17-27)23-14-19(8-9-29-23)21-15-28-16-22(30-21)25-32-31-24(35-25)18-4-6-20(7-5-18)34-12-10-33(3)11-13-34/h4-9,14-16H,10-13H2,1-3H3. The molecular formula is C26H26N8O. The summed E-state index contributed by atoms with van der Waals surface area (Å²) in [6, 6.07) is 14.2. The average Bonchev–Trinajstić information content (AvgIpc) is 3.40. The Morgan fingerprint density at radius 1 is 0.914 bits per heavy atom. The normalized spacial score (nSPS) is 14.6. The topological polar surface area (TPSA) is 108 Å². The molecule has 4 heterocycles. The van der Waals surface area contributed by atoms with Crippen molar-refractivity contribution in [2.75, 3.05) is 38.1 Å². The third-order valence-corrected chi connectivity index (χ3v) is 6.24. The molecule has 0 saturated carbocycles. The number of anilines is 1. The van der Waals surface area contributed by atoms with Crippen LogP contribution in [0.15, 0.2) is 59.4 Å². The molecule has 1 aliphatic heterocycles. The first kappa shape index (κ1) is 22.6. The van der Waals surface area contributed by atoms with Gasteiger partial charge in [-0.15, -0.1) is 10.2 Å². The molecule has 35 heavy (non-hydrogen) atoms. The predicted molar refractivity (Wildman–Crippen MR) is 132 cm³/mol. The third-order valence-electron chi connectivity index (χ3n) is 6.24. The zero-order valence-corrected chi connectivity index (χ0v) is 20.0. The van der Waals surface area contributed by atoms with Crippen molar-refractivity contribution >= 4 is 5.69 Å². The maximum Gasteiger partial charge on any atom is 0.268 e. The second-order valence-electron chi connectivity index (χ2n) is 9.21. The maximum absolute atomic E-state index is 9.44. The minimum Gasteiger partial charge on any atom is -0.415 e. The molecule has 9 heteroatoms. The predicted octanol–water partition coefficient (Wildman–Crippen LogP) is 3.81. The van der Waals surface area contributed by atoms with E-state index in [4.69, 9.17) is 4.42 Å². The fourth-order valence-electron chi connectivity index (χ4n) is 3.92. The van der Waals surface area contributed by atoms with Crippen LogP contribution in [0, 0.1) is 11.3 Å². The first-order chi connectivity index (χ1) is 16.9. The van der Waals surface area contributed by atoms with Crippen LogP contribution in [0.2, 0.25) is 0 Å². The van der Waals surface area contributed by atoms with E-state index < -0.39 is 5.41 Å². The Kier molecular flexibility index (Phi) is 5.97. The molecule has 1 saturated heterocycles. The number of nitriles is 1. The van der Waals surface area contributed by atoms with Gasteiger partial charge in [0.05, 0.1) is 35.3 Å². The number of hydrogen-bond acceptors (Lipinski definition) is 9. The first-order valence-electron chi connectivity index (χ1n) is 11.5. The van der Waals surface area contributed by atoms with Crippen molar-refractivity contribution in [1.29, 1.82) is 5.26 Å². The van der Waals surface area contributed by atoms with E-state index in [1.165, 1.54) is 5.69 Å². The van der Waals surface area contributed by atoms with E-state index in [1.54, 1.807) is 18.6 Å². The Labute approximate surface area is 204 Å². The lowest BCUT2D eigenvalue weighted by Gasteiger charge is -2.34. The summed E-state index contributed by atoms with van der Waals surface area (Å²) in [7, 11) is 2.15. The van der Waals surface area contributed by atoms with Crippen molar-refractivity contribution in [3.05, 3.63) is 60.7 Å². The minimum atomic E-state index is -0.706. The van der Waals surface area contributed by atoms with E-state index in [9.17, 15) is 5.26 Å². The maximum atomic E-state index is 9.44. The number of nitrogens with zero attached hydrogens (tertiary/aromatic N) is 8. The van der Waals surface area contributed by atoms with Gasteiger partial charge >= 0.3 is 0 Å². The Bertz CT molecular complexity index is 1360. The third kappa shape index (κ3) is 4.74. The second kappa shape index (κ2) is 9.24. The van der Waals surface area contributed by atoms with E-state index in [-0.39, 0.29) is 0 Å². The molecule has 176 valence electrons. The lowest BCUT2D eigenvalue weighted by Crippen LogP contribution is -2.44. The molecule has 9 nitrogen and oxygen atoms in total. The molecule has 1 aromatic carbocycles. The molecular weight excluding hydrogens is 440 g/mol. The molecule has 3 aromatic heterocycles. The van der Waals surface area contributed by atoms with Crippen LogP contribution in [0.1, 0.15) is 19.5 Å². The molecule has 0 amide bonds. The van der Waals surface area contributed by atoms with Crippen molar-refractivity contribution in [2.45, 2.75) is 19.3 Å². The van der Waals surface area contributed by atoms with Gasteiger partial charge < -0.3 is 14.2 Å². The van der Waals surface area contributed by atoms with Gasteiger partial charge in [-0.25, -0.2) is 4.98 Å². The smallest absolute Gasteiger partial charge is 0.268 e. The number of piperazine rings is 1. The van der Waals surface area contributed by atoms with E-state index in [0.29, 0.717) is 28.9 Å². The molecule has 0 spiro atoms. The summed E-state index contributed by atoms with van der Waals surface area (Å²) in [4.78, 5) is 18.1. The molecule has 4 aromatic rings. The summed E-state index contributed by atoms with van der Waals surface area (Å²) in [6.45, 7) is 7.82. The monoisotopic (exact) mass is 466 g/mol. The zero-order chi connectivity index (χ0) is 24.4. The number of hydrogen-bond donors (Lipinski definition) is 0. The van der Waals surface area contributed by atoms with Crippen molar-refractivity contribution in [3.8, 4) is 40.4 Å². The quantitative estimate of drug-likeness (QED) is 0.434. The fraction of sp³-hybridized carbons (Fsp3) is 0.308. The van der Waals surface area contributed by atoms with Gasteiger partial charge in [0, 0.05) is 49.2 Å². The molecule has 0 unspecified atom stereocenters. The molecule has 1 aliphatic rings. The van der Waals surface area contributed by atoms with Crippen LogP contribution in [-0.2, 0) is 5.41 Å². The second-order valence-corrected chi connectivity index (χ2v) is 9.21. The highest BCUT2D eigenvalue weighted by atomic mass is 16.4. The summed E-state index contributed by atoms with van der Waals surface area (Å²) in [5, 5.41) is 17.9. The highest BCUT2D eigenvalue weighted by molar-refractivity contribution is 5.63. The SMILES string of the molecule is CN1CCN(c2ccc(-c3nnc(-c4cncc(-c5ccnc(C(C)(C)C#N)c5)n4)o3)cc2)CC1. The number of aromatic nitrogens is 5. The average molecular weight is 467 g/mol. The highest BCUT2D eigenvalue weighted by Crippen LogP contribution is 2.28. The van der Waals surface area contributed by atoms with Gasteiger partial charge in [0.25, 0.3) is 5.89 Å². The number of benzene rings is 1. The molecule has 0 N–H and O–H groups in total. The number of rotatable bonds is 5. The van der Waals surface area contributed by atoms with Crippen LogP contribution < -0.4 is 4.90 Å². The van der Waals surface area contributed by atoms with Gasteiger partial charge in [0.15, 0.2) is 0 Å². The summed E-state index contributed by atoms with van der Waals surface area (Å²) < 4.78 is 5.94. The Morgan fingerprint density at radius 3 is 2.37 bits per heavy atom. The van der Waals surface area contributed by atoms with E-state index in [0.717, 1.165) is 37.3 Å². The molecule has 5 rings (SSSR count). The minimum absolute atomic E-state index is 0.295. The van der Waals surface area contributed by atoms with Crippen LogP contribution >= 0.6 is 0 Å². The van der Waals surface area contributed by atoms with Gasteiger partial charge in [-0.1, -0.05) is 0 Å². The zero-order valence-electron chi connectivity index (χ0n) is 20.0. The van der Waals surface area contributed by atoms with Crippen LogP contribution in [0.25, 0.3) is 34.3 Å². The highest BCUT2D eigenvalue weighted by Gasteiger charge is 2.22. The van der Waals surface area contributed by atoms with E-state index in [2.05, 4.69) is 60.2 Å². The summed E-state index contributed by atoms with van der Waals surface area (Å²) in [5.41, 5.74) is 3.93. The molecule has 0 aliphatic carbocycles. The van der Waals surface area contributed by atoms with Crippen molar-refractivity contribution in [3.63, 3.8) is 0 Å². The summed E-state index contributed by atoms with van der Waals surface area (Å²) >= 11 is 0. The number of pyridine rings is 1. The summed E-state index contributed by atoms with van der Waals surface area (Å²) in [5.74, 6) is 0.725. The fourth-order valence-corrected chi connectivity index (χ4v) is 3.92. The van der Waals surface area contributed by atoms with Gasteiger partial charge in [-0.3, -0.25) is 9.97 Å². The van der Waals surface area contributed by atoms with Crippen LogP contribution in [0.4, 0.5) is 5.69 Å². The van der Waals surface area contributed by atoms with E-state index in [1.807, 2.05) is 38.1 Å². The Morgan fingerprint density at radius 2 is 1.63 bits per heavy atom. The van der Waals surface area contributed by atoms with Crippen LogP contribution in [0.5, 0.6) is 0 Å². The van der Waals surface area contributed by atoms with Crippen molar-refractivity contribution in [1.82, 2.24) is 30.0 Å². The molecule has 0 bridgehead atoms. The summed E-state index contributed by atoms with van der Waals surface area (Å²) in [6.07, 6.45) is 4.93. The van der Waals surface area contributed by atoms with Gasteiger partial charge in [-0.05, 0) is 57.3 Å². The van der Waals surface area contributed by atoms with Crippen LogP contribution in [-0.4, -0.2) is 63.3 Å². The van der Waals surface area contributed by atoms with E-state index >= 15 is 0 Å². The molecule has 0 radical (unpaired) electrons. The van der Waals surface area contributed by atoms with Gasteiger partial charge in [0.1, 0.15) is 5.69 Å². The Balaban J connectivity index is 1.37. The molecule has 1 fully saturated rings. The van der Waals surface area contributed by atoms with Crippen molar-refractivity contribution in [2.24, 2.45) is 0 Å². The first-order valence-corrected chi connectivity index (χ1v) is 11.5. The largest absolute Gasteiger partial charge is 0.415 e. The molecule has 0 atom stereocenters. The lowest BCUT2D eigenvalue weighted by molar-refractivity contribution is 0.313. The number of likely N-dealkylation sites (N-methyl/N-ethyl adjacent to an activating group) is 1. The van der Waals surface area contributed by atoms with Gasteiger partial charge in [0.2, 0.25) is 5.89 Å². The Hall–Kier alpha value is -4.16. The lowest BCUT2D eigenvalue weighted by atomic mass is 9.90. The van der Waals surface area contributed by atoms with Crippen molar-refractivity contribution < 1.29 is 4.42 Å². The van der Waals surface area contributed by atoms with Gasteiger partial charge in [-0.2, -0.15) is 5.26 Å². The van der Waals surface area contributed by atoms with Crippen LogP contribution in [0.3, 0.4) is 0 Å².